The predicted molar refractivity (Wildman–Crippen MR) is 127 cm³/mol. The van der Waals surface area contributed by atoms with Crippen molar-refractivity contribution in [2.75, 3.05) is 0 Å². The van der Waals surface area contributed by atoms with Crippen LogP contribution >= 0.6 is 34.8 Å². The third-order valence-electron chi connectivity index (χ3n) is 5.83. The normalized spacial score (nSPS) is 18.7. The number of rotatable bonds is 4. The van der Waals surface area contributed by atoms with Crippen LogP contribution < -0.4 is 5.32 Å². The van der Waals surface area contributed by atoms with E-state index in [4.69, 9.17) is 34.8 Å². The van der Waals surface area contributed by atoms with Gasteiger partial charge in [0.15, 0.2) is 0 Å². The standard InChI is InChI=1S/C24H23Cl3N2O2/c1-14-18(24(31)28-20-4-2-3-5-23(20)30)13-22(15-6-8-16(25)9-7-15)29(14)21-11-10-17(26)12-19(21)27/h6-13,20,23,30H,2-5H2,1H3,(H,28,31). The average Bonchev–Trinajstić information content (AvgIpc) is 3.07. The number of amides is 1. The highest BCUT2D eigenvalue weighted by molar-refractivity contribution is 6.35. The van der Waals surface area contributed by atoms with Crippen molar-refractivity contribution in [3.8, 4) is 16.9 Å². The molecule has 0 saturated heterocycles. The number of aliphatic hydroxyl groups is 1. The molecule has 0 aliphatic heterocycles. The lowest BCUT2D eigenvalue weighted by atomic mass is 9.92. The zero-order valence-corrected chi connectivity index (χ0v) is 19.3. The molecule has 4 rings (SSSR count). The number of nitrogens with one attached hydrogen (secondary N) is 1. The van der Waals surface area contributed by atoms with E-state index in [9.17, 15) is 9.90 Å². The quantitative estimate of drug-likeness (QED) is 0.454. The van der Waals surface area contributed by atoms with Gasteiger partial charge in [-0.3, -0.25) is 4.79 Å². The first-order valence-corrected chi connectivity index (χ1v) is 11.4. The first kappa shape index (κ1) is 22.2. The topological polar surface area (TPSA) is 54.3 Å². The van der Waals surface area contributed by atoms with Crippen molar-refractivity contribution < 1.29 is 9.90 Å². The zero-order chi connectivity index (χ0) is 22.1. The van der Waals surface area contributed by atoms with Gasteiger partial charge in [-0.05, 0) is 61.7 Å². The highest BCUT2D eigenvalue weighted by Crippen LogP contribution is 2.34. The third-order valence-corrected chi connectivity index (χ3v) is 6.62. The lowest BCUT2D eigenvalue weighted by Gasteiger charge is -2.28. The Bertz CT molecular complexity index is 1110. The highest BCUT2D eigenvalue weighted by atomic mass is 35.5. The lowest BCUT2D eigenvalue weighted by Crippen LogP contribution is -2.45. The zero-order valence-electron chi connectivity index (χ0n) is 17.0. The van der Waals surface area contributed by atoms with E-state index in [1.54, 1.807) is 12.1 Å². The minimum absolute atomic E-state index is 0.206. The molecular formula is C24H23Cl3N2O2. The van der Waals surface area contributed by atoms with Gasteiger partial charge in [0.05, 0.1) is 34.1 Å². The van der Waals surface area contributed by atoms with Gasteiger partial charge in [-0.15, -0.1) is 0 Å². The number of carbonyl (C=O) groups is 1. The van der Waals surface area contributed by atoms with Crippen molar-refractivity contribution in [3.05, 3.63) is 74.9 Å². The molecule has 1 aromatic heterocycles. The van der Waals surface area contributed by atoms with E-state index in [0.717, 1.165) is 41.9 Å². The summed E-state index contributed by atoms with van der Waals surface area (Å²) in [7, 11) is 0. The molecule has 2 unspecified atom stereocenters. The number of aliphatic hydroxyl groups excluding tert-OH is 1. The molecule has 2 atom stereocenters. The van der Waals surface area contributed by atoms with Crippen LogP contribution in [0.3, 0.4) is 0 Å². The van der Waals surface area contributed by atoms with Gasteiger partial charge in [-0.25, -0.2) is 0 Å². The molecule has 4 nitrogen and oxygen atoms in total. The van der Waals surface area contributed by atoms with E-state index in [0.29, 0.717) is 27.1 Å². The SMILES string of the molecule is Cc1c(C(=O)NC2CCCCC2O)cc(-c2ccc(Cl)cc2)n1-c1ccc(Cl)cc1Cl. The minimum Gasteiger partial charge on any atom is -0.391 e. The predicted octanol–water partition coefficient (Wildman–Crippen LogP) is 6.45. The summed E-state index contributed by atoms with van der Waals surface area (Å²) < 4.78 is 1.95. The summed E-state index contributed by atoms with van der Waals surface area (Å²) in [5.74, 6) is -0.206. The maximum absolute atomic E-state index is 13.2. The number of benzene rings is 2. The van der Waals surface area contributed by atoms with E-state index in [1.807, 2.05) is 47.9 Å². The Morgan fingerprint density at radius 3 is 2.35 bits per heavy atom. The number of carbonyl (C=O) groups excluding carboxylic acids is 1. The number of hydrogen-bond acceptors (Lipinski definition) is 2. The van der Waals surface area contributed by atoms with Crippen molar-refractivity contribution in [1.82, 2.24) is 9.88 Å². The van der Waals surface area contributed by atoms with E-state index in [-0.39, 0.29) is 11.9 Å². The van der Waals surface area contributed by atoms with Gasteiger partial charge < -0.3 is 15.0 Å². The molecule has 2 aromatic carbocycles. The fourth-order valence-corrected chi connectivity index (χ4v) is 4.79. The lowest BCUT2D eigenvalue weighted by molar-refractivity contribution is 0.0717. The van der Waals surface area contributed by atoms with Crippen molar-refractivity contribution in [1.29, 1.82) is 0 Å². The second kappa shape index (κ2) is 9.25. The van der Waals surface area contributed by atoms with Crippen LogP contribution in [0.5, 0.6) is 0 Å². The van der Waals surface area contributed by atoms with E-state index < -0.39 is 6.10 Å². The summed E-state index contributed by atoms with van der Waals surface area (Å²) in [5.41, 5.74) is 3.72. The molecule has 1 aliphatic carbocycles. The molecule has 162 valence electrons. The Balaban J connectivity index is 1.80. The number of halogens is 3. The summed E-state index contributed by atoms with van der Waals surface area (Å²) in [6.07, 6.45) is 2.96. The number of aromatic nitrogens is 1. The Morgan fingerprint density at radius 2 is 1.68 bits per heavy atom. The minimum atomic E-state index is -0.512. The van der Waals surface area contributed by atoms with Gasteiger partial charge in [0.2, 0.25) is 0 Å². The summed E-state index contributed by atoms with van der Waals surface area (Å²) in [6.45, 7) is 1.89. The molecule has 1 heterocycles. The van der Waals surface area contributed by atoms with E-state index >= 15 is 0 Å². The average molecular weight is 478 g/mol. The molecule has 0 radical (unpaired) electrons. The molecule has 31 heavy (non-hydrogen) atoms. The Morgan fingerprint density at radius 1 is 1.00 bits per heavy atom. The smallest absolute Gasteiger partial charge is 0.253 e. The monoisotopic (exact) mass is 476 g/mol. The van der Waals surface area contributed by atoms with Gasteiger partial charge in [0, 0.05) is 15.7 Å². The Hall–Kier alpha value is -1.98. The van der Waals surface area contributed by atoms with Gasteiger partial charge in [0.1, 0.15) is 0 Å². The van der Waals surface area contributed by atoms with Crippen molar-refractivity contribution in [3.63, 3.8) is 0 Å². The summed E-state index contributed by atoms with van der Waals surface area (Å²) >= 11 is 18.7. The maximum Gasteiger partial charge on any atom is 0.253 e. The second-order valence-electron chi connectivity index (χ2n) is 7.90. The number of hydrogen-bond donors (Lipinski definition) is 2. The van der Waals surface area contributed by atoms with Gasteiger partial charge in [0.25, 0.3) is 5.91 Å². The van der Waals surface area contributed by atoms with Crippen molar-refractivity contribution in [2.45, 2.75) is 44.8 Å². The molecule has 2 N–H and O–H groups in total. The molecule has 0 spiro atoms. The molecule has 1 fully saturated rings. The van der Waals surface area contributed by atoms with E-state index in [1.165, 1.54) is 0 Å². The van der Waals surface area contributed by atoms with Gasteiger partial charge in [-0.1, -0.05) is 59.8 Å². The summed E-state index contributed by atoms with van der Waals surface area (Å²) in [6, 6.07) is 14.3. The highest BCUT2D eigenvalue weighted by Gasteiger charge is 2.27. The van der Waals surface area contributed by atoms with Crippen LogP contribution in [0.2, 0.25) is 15.1 Å². The largest absolute Gasteiger partial charge is 0.391 e. The molecule has 0 bridgehead atoms. The van der Waals surface area contributed by atoms with Crippen LogP contribution in [0.15, 0.2) is 48.5 Å². The first-order valence-electron chi connectivity index (χ1n) is 10.3. The molecule has 7 heteroatoms. The van der Waals surface area contributed by atoms with Crippen LogP contribution in [-0.2, 0) is 0 Å². The van der Waals surface area contributed by atoms with Crippen LogP contribution in [0.1, 0.15) is 41.7 Å². The van der Waals surface area contributed by atoms with Gasteiger partial charge in [-0.2, -0.15) is 0 Å². The molecule has 1 saturated carbocycles. The fourth-order valence-electron chi connectivity index (χ4n) is 4.17. The summed E-state index contributed by atoms with van der Waals surface area (Å²) in [5, 5.41) is 15.0. The first-order chi connectivity index (χ1) is 14.8. The van der Waals surface area contributed by atoms with E-state index in [2.05, 4.69) is 5.32 Å². The molecule has 1 amide bonds. The van der Waals surface area contributed by atoms with Crippen molar-refractivity contribution in [2.24, 2.45) is 0 Å². The Kier molecular flexibility index (Phi) is 6.63. The third kappa shape index (κ3) is 4.63. The second-order valence-corrected chi connectivity index (χ2v) is 9.18. The van der Waals surface area contributed by atoms with Crippen LogP contribution in [0.25, 0.3) is 16.9 Å². The van der Waals surface area contributed by atoms with Crippen LogP contribution in [0.4, 0.5) is 0 Å². The maximum atomic E-state index is 13.2. The Labute approximate surface area is 196 Å². The van der Waals surface area contributed by atoms with Gasteiger partial charge >= 0.3 is 0 Å². The fraction of sp³-hybridized carbons (Fsp3) is 0.292. The summed E-state index contributed by atoms with van der Waals surface area (Å²) in [4.78, 5) is 13.2. The molecular weight excluding hydrogens is 455 g/mol. The molecule has 3 aromatic rings. The van der Waals surface area contributed by atoms with Crippen molar-refractivity contribution >= 4 is 40.7 Å². The number of nitrogens with zero attached hydrogens (tertiary/aromatic N) is 1. The van der Waals surface area contributed by atoms with Crippen LogP contribution in [-0.4, -0.2) is 27.7 Å². The van der Waals surface area contributed by atoms with Crippen LogP contribution in [0, 0.1) is 6.92 Å². The molecule has 1 aliphatic rings.